The Balaban J connectivity index is 1.25. The van der Waals surface area contributed by atoms with Crippen LogP contribution in [0.1, 0.15) is 45.5 Å². The molecule has 2 N–H and O–H groups in total. The Morgan fingerprint density at radius 3 is 2.88 bits per heavy atom. The molecule has 0 radical (unpaired) electrons. The third-order valence-electron chi connectivity index (χ3n) is 6.28. The maximum atomic E-state index is 12.8. The molecule has 5 rings (SSSR count). The Bertz CT molecular complexity index is 1230. The molecular formula is C25H23N3O5. The first-order valence-electron chi connectivity index (χ1n) is 10.9. The van der Waals surface area contributed by atoms with Gasteiger partial charge in [0, 0.05) is 30.6 Å². The lowest BCUT2D eigenvalue weighted by atomic mass is 10.0. The maximum absolute atomic E-state index is 12.8. The Labute approximate surface area is 190 Å². The molecule has 1 atom stereocenters. The number of fused-ring (bicyclic) bond motifs is 2. The van der Waals surface area contributed by atoms with Crippen molar-refractivity contribution in [2.75, 3.05) is 6.61 Å². The second-order valence-electron chi connectivity index (χ2n) is 8.53. The first-order valence-corrected chi connectivity index (χ1v) is 10.9. The second kappa shape index (κ2) is 8.20. The highest BCUT2D eigenvalue weighted by Gasteiger charge is 2.39. The second-order valence-corrected chi connectivity index (χ2v) is 8.53. The fourth-order valence-electron chi connectivity index (χ4n) is 4.53. The minimum Gasteiger partial charge on any atom is -0.488 e. The molecule has 8 nitrogen and oxygen atoms in total. The minimum atomic E-state index is -0.643. The van der Waals surface area contributed by atoms with Gasteiger partial charge in [0.25, 0.3) is 11.8 Å². The van der Waals surface area contributed by atoms with E-state index < -0.39 is 11.9 Å². The van der Waals surface area contributed by atoms with Crippen molar-refractivity contribution in [1.29, 1.82) is 0 Å². The fourth-order valence-corrected chi connectivity index (χ4v) is 4.53. The lowest BCUT2D eigenvalue weighted by Crippen LogP contribution is -2.52. The Hall–Kier alpha value is -3.94. The summed E-state index contributed by atoms with van der Waals surface area (Å²) in [5.74, 6) is -0.356. The monoisotopic (exact) mass is 445 g/mol. The normalized spacial score (nSPS) is 19.3. The highest BCUT2D eigenvalue weighted by molar-refractivity contribution is 6.05. The third-order valence-corrected chi connectivity index (χ3v) is 6.28. The molecule has 1 saturated heterocycles. The molecule has 0 bridgehead atoms. The van der Waals surface area contributed by atoms with Gasteiger partial charge in [-0.15, -0.1) is 0 Å². The number of hydrogen-bond donors (Lipinski definition) is 2. The van der Waals surface area contributed by atoms with Gasteiger partial charge in [-0.3, -0.25) is 24.5 Å². The molecule has 1 unspecified atom stereocenters. The summed E-state index contributed by atoms with van der Waals surface area (Å²) in [6, 6.07) is 10.6. The summed E-state index contributed by atoms with van der Waals surface area (Å²) < 4.78 is 5.77. The summed E-state index contributed by atoms with van der Waals surface area (Å²) >= 11 is 0. The van der Waals surface area contributed by atoms with Crippen LogP contribution in [-0.2, 0) is 27.5 Å². The van der Waals surface area contributed by atoms with Gasteiger partial charge in [0.2, 0.25) is 11.8 Å². The van der Waals surface area contributed by atoms with Gasteiger partial charge in [-0.1, -0.05) is 30.3 Å². The summed E-state index contributed by atoms with van der Waals surface area (Å²) in [6.07, 6.45) is 2.39. The smallest absolute Gasteiger partial charge is 0.255 e. The van der Waals surface area contributed by atoms with Crippen molar-refractivity contribution in [2.45, 2.75) is 38.9 Å². The number of ether oxygens (including phenoxy) is 1. The van der Waals surface area contributed by atoms with Crippen molar-refractivity contribution in [3.8, 4) is 5.75 Å². The lowest BCUT2D eigenvalue weighted by Gasteiger charge is -2.29. The Kier molecular flexibility index (Phi) is 5.20. The van der Waals surface area contributed by atoms with Crippen molar-refractivity contribution < 1.29 is 23.9 Å². The van der Waals surface area contributed by atoms with Crippen LogP contribution in [0.4, 0.5) is 0 Å². The van der Waals surface area contributed by atoms with Crippen molar-refractivity contribution in [3.05, 3.63) is 69.8 Å². The van der Waals surface area contributed by atoms with Gasteiger partial charge in [-0.2, -0.15) is 0 Å². The van der Waals surface area contributed by atoms with Gasteiger partial charge >= 0.3 is 0 Å². The van der Waals surface area contributed by atoms with E-state index in [1.165, 1.54) is 4.90 Å². The quantitative estimate of drug-likeness (QED) is 0.699. The standard InChI is InChI=1S/C25H23N3O5/c1-14-3-2-4-16-10-18(13-33-22(14)16)23(30)26-11-15-5-6-19-17(9-15)12-28(25(19)32)20-7-8-21(29)27-24(20)31/h2-6,9-10,20H,7-8,11-13H2,1H3,(H,26,30)(H,27,29,31). The van der Waals surface area contributed by atoms with E-state index in [0.29, 0.717) is 30.6 Å². The molecule has 168 valence electrons. The highest BCUT2D eigenvalue weighted by atomic mass is 16.5. The fraction of sp³-hybridized carbons (Fsp3) is 0.280. The van der Waals surface area contributed by atoms with Gasteiger partial charge in [0.1, 0.15) is 18.4 Å². The van der Waals surface area contributed by atoms with Crippen LogP contribution < -0.4 is 15.4 Å². The van der Waals surface area contributed by atoms with Gasteiger partial charge < -0.3 is 15.0 Å². The number of piperidine rings is 1. The van der Waals surface area contributed by atoms with Crippen LogP contribution >= 0.6 is 0 Å². The van der Waals surface area contributed by atoms with Gasteiger partial charge in [0.05, 0.1) is 5.57 Å². The number of rotatable bonds is 4. The predicted octanol–water partition coefficient (Wildman–Crippen LogP) is 1.85. The molecule has 0 aliphatic carbocycles. The molecule has 8 heteroatoms. The van der Waals surface area contributed by atoms with Crippen LogP contribution in [0.25, 0.3) is 6.08 Å². The number of carbonyl (C=O) groups excluding carboxylic acids is 4. The molecule has 2 aromatic rings. The van der Waals surface area contributed by atoms with Crippen molar-refractivity contribution in [1.82, 2.24) is 15.5 Å². The number of para-hydroxylation sites is 1. The maximum Gasteiger partial charge on any atom is 0.255 e. The van der Waals surface area contributed by atoms with E-state index in [2.05, 4.69) is 10.6 Å². The van der Waals surface area contributed by atoms with Crippen LogP contribution in [0.15, 0.2) is 42.0 Å². The lowest BCUT2D eigenvalue weighted by molar-refractivity contribution is -0.137. The number of carbonyl (C=O) groups is 4. The van der Waals surface area contributed by atoms with Crippen LogP contribution in [0.2, 0.25) is 0 Å². The van der Waals surface area contributed by atoms with Gasteiger partial charge in [-0.25, -0.2) is 0 Å². The first kappa shape index (κ1) is 20.9. The van der Waals surface area contributed by atoms with Crippen LogP contribution in [0.3, 0.4) is 0 Å². The molecule has 3 heterocycles. The zero-order valence-electron chi connectivity index (χ0n) is 18.1. The molecular weight excluding hydrogens is 422 g/mol. The first-order chi connectivity index (χ1) is 15.9. The van der Waals surface area contributed by atoms with Crippen LogP contribution in [-0.4, -0.2) is 41.2 Å². The van der Waals surface area contributed by atoms with E-state index in [0.717, 1.165) is 28.0 Å². The average molecular weight is 445 g/mol. The minimum absolute atomic E-state index is 0.205. The average Bonchev–Trinajstić information content (AvgIpc) is 3.13. The van der Waals surface area contributed by atoms with Crippen LogP contribution in [0.5, 0.6) is 5.75 Å². The number of hydrogen-bond acceptors (Lipinski definition) is 5. The largest absolute Gasteiger partial charge is 0.488 e. The summed E-state index contributed by atoms with van der Waals surface area (Å²) in [7, 11) is 0. The number of imide groups is 1. The van der Waals surface area contributed by atoms with E-state index in [4.69, 9.17) is 4.74 Å². The van der Waals surface area contributed by atoms with E-state index in [1.807, 2.05) is 37.3 Å². The molecule has 2 aromatic carbocycles. The third kappa shape index (κ3) is 3.88. The van der Waals surface area contributed by atoms with E-state index in [-0.39, 0.29) is 30.7 Å². The molecule has 3 aliphatic heterocycles. The molecule has 0 spiro atoms. The van der Waals surface area contributed by atoms with Crippen molar-refractivity contribution in [2.24, 2.45) is 0 Å². The zero-order valence-corrected chi connectivity index (χ0v) is 18.1. The van der Waals surface area contributed by atoms with Crippen molar-refractivity contribution in [3.63, 3.8) is 0 Å². The summed E-state index contributed by atoms with van der Waals surface area (Å²) in [4.78, 5) is 50.6. The highest BCUT2D eigenvalue weighted by Crippen LogP contribution is 2.30. The van der Waals surface area contributed by atoms with Crippen molar-refractivity contribution >= 4 is 29.7 Å². The number of amides is 4. The molecule has 33 heavy (non-hydrogen) atoms. The van der Waals surface area contributed by atoms with Gasteiger partial charge in [-0.05, 0) is 42.2 Å². The molecule has 3 aliphatic rings. The summed E-state index contributed by atoms with van der Waals surface area (Å²) in [6.45, 7) is 2.79. The zero-order chi connectivity index (χ0) is 23.1. The SMILES string of the molecule is Cc1cccc2c1OCC(C(=O)NCc1ccc3c(c1)CN(C1CCC(=O)NC1=O)C3=O)=C2. The number of benzene rings is 2. The molecule has 0 aromatic heterocycles. The number of nitrogens with one attached hydrogen (secondary N) is 2. The van der Waals surface area contributed by atoms with E-state index in [1.54, 1.807) is 12.1 Å². The molecule has 0 saturated carbocycles. The van der Waals surface area contributed by atoms with Gasteiger partial charge in [0.15, 0.2) is 0 Å². The summed E-state index contributed by atoms with van der Waals surface area (Å²) in [5, 5.41) is 5.22. The topological polar surface area (TPSA) is 105 Å². The number of aryl methyl sites for hydroxylation is 1. The Morgan fingerprint density at radius 1 is 1.21 bits per heavy atom. The molecule has 1 fully saturated rings. The Morgan fingerprint density at radius 2 is 2.06 bits per heavy atom. The predicted molar refractivity (Wildman–Crippen MR) is 119 cm³/mol. The molecule has 4 amide bonds. The van der Waals surface area contributed by atoms with E-state index in [9.17, 15) is 19.2 Å². The van der Waals surface area contributed by atoms with Crippen LogP contribution in [0, 0.1) is 6.92 Å². The number of nitrogens with zero attached hydrogens (tertiary/aromatic N) is 1. The van der Waals surface area contributed by atoms with E-state index >= 15 is 0 Å². The summed E-state index contributed by atoms with van der Waals surface area (Å²) in [5.41, 5.74) is 4.67.